The predicted octanol–water partition coefficient (Wildman–Crippen LogP) is 1.14. The third-order valence-electron chi connectivity index (χ3n) is 2.62. The lowest BCUT2D eigenvalue weighted by atomic mass is 10.2. The number of nitrogens with zero attached hydrogens (tertiary/aromatic N) is 4. The van der Waals surface area contributed by atoms with Crippen molar-refractivity contribution in [3.05, 3.63) is 41.7 Å². The van der Waals surface area contributed by atoms with Crippen molar-refractivity contribution in [3.63, 3.8) is 0 Å². The summed E-state index contributed by atoms with van der Waals surface area (Å²) in [5, 5.41) is 28.6. The molecule has 6 heteroatoms. The molecule has 0 saturated heterocycles. The number of anilines is 1. The van der Waals surface area contributed by atoms with Crippen LogP contribution >= 0.6 is 0 Å². The quantitative estimate of drug-likeness (QED) is 0.810. The van der Waals surface area contributed by atoms with Crippen molar-refractivity contribution in [3.8, 4) is 6.07 Å². The minimum Gasteiger partial charge on any atom is -0.396 e. The van der Waals surface area contributed by atoms with Crippen molar-refractivity contribution in [1.82, 2.24) is 15.0 Å². The van der Waals surface area contributed by atoms with Crippen LogP contribution < -0.4 is 5.32 Å². The molecule has 1 aromatic heterocycles. The molecule has 6 nitrogen and oxygen atoms in total. The van der Waals surface area contributed by atoms with Crippen LogP contribution in [0.4, 0.5) is 5.69 Å². The lowest BCUT2D eigenvalue weighted by molar-refractivity contribution is 0.276. The second-order valence-corrected chi connectivity index (χ2v) is 4.09. The molecule has 2 N–H and O–H groups in total. The Labute approximate surface area is 111 Å². The van der Waals surface area contributed by atoms with E-state index in [2.05, 4.69) is 21.7 Å². The first-order valence-corrected chi connectivity index (χ1v) is 6.06. The maximum atomic E-state index is 8.73. The molecule has 19 heavy (non-hydrogen) atoms. The molecule has 0 aliphatic heterocycles. The van der Waals surface area contributed by atoms with Gasteiger partial charge in [0, 0.05) is 18.8 Å². The van der Waals surface area contributed by atoms with E-state index in [0.717, 1.165) is 11.4 Å². The van der Waals surface area contributed by atoms with Gasteiger partial charge in [-0.15, -0.1) is 5.10 Å². The van der Waals surface area contributed by atoms with Gasteiger partial charge in [-0.25, -0.2) is 0 Å². The fraction of sp³-hybridized carbons (Fsp3) is 0.308. The summed E-state index contributed by atoms with van der Waals surface area (Å²) in [4.78, 5) is 0. The molecule has 1 aromatic carbocycles. The minimum atomic E-state index is 0.151. The van der Waals surface area contributed by atoms with Gasteiger partial charge in [0.05, 0.1) is 24.4 Å². The summed E-state index contributed by atoms with van der Waals surface area (Å²) in [6.07, 6.45) is 2.53. The van der Waals surface area contributed by atoms with Gasteiger partial charge in [-0.1, -0.05) is 5.21 Å². The predicted molar refractivity (Wildman–Crippen MR) is 70.2 cm³/mol. The zero-order valence-corrected chi connectivity index (χ0v) is 10.5. The number of aliphatic hydroxyl groups is 1. The fourth-order valence-electron chi connectivity index (χ4n) is 1.62. The molecule has 2 aromatic rings. The van der Waals surface area contributed by atoms with Crippen LogP contribution in [0.2, 0.25) is 0 Å². The molecule has 0 aliphatic rings. The molecule has 0 aliphatic carbocycles. The first kappa shape index (κ1) is 13.1. The Bertz CT molecular complexity index is 555. The zero-order chi connectivity index (χ0) is 13.5. The van der Waals surface area contributed by atoms with E-state index in [4.69, 9.17) is 10.4 Å². The molecule has 0 atom stereocenters. The van der Waals surface area contributed by atoms with Gasteiger partial charge in [0.1, 0.15) is 5.69 Å². The van der Waals surface area contributed by atoms with Gasteiger partial charge in [0.2, 0.25) is 0 Å². The summed E-state index contributed by atoms with van der Waals surface area (Å²) in [5.74, 6) is 0. The Morgan fingerprint density at radius 2 is 2.11 bits per heavy atom. The summed E-state index contributed by atoms with van der Waals surface area (Å²) in [7, 11) is 0. The number of benzene rings is 1. The first-order chi connectivity index (χ1) is 9.31. The first-order valence-electron chi connectivity index (χ1n) is 6.06. The number of aliphatic hydroxyl groups excluding tert-OH is 1. The number of aryl methyl sites for hydroxylation is 1. The summed E-state index contributed by atoms with van der Waals surface area (Å²) in [6, 6.07) is 9.32. The van der Waals surface area contributed by atoms with Crippen LogP contribution in [0, 0.1) is 11.3 Å². The lowest BCUT2D eigenvalue weighted by Crippen LogP contribution is -2.01. The van der Waals surface area contributed by atoms with E-state index in [1.54, 1.807) is 16.8 Å². The minimum absolute atomic E-state index is 0.151. The van der Waals surface area contributed by atoms with Gasteiger partial charge in [0.15, 0.2) is 0 Å². The maximum Gasteiger partial charge on any atom is 0.102 e. The third-order valence-corrected chi connectivity index (χ3v) is 2.62. The molecule has 0 unspecified atom stereocenters. The highest BCUT2D eigenvalue weighted by molar-refractivity contribution is 5.47. The second-order valence-electron chi connectivity index (χ2n) is 4.09. The van der Waals surface area contributed by atoms with Crippen molar-refractivity contribution < 1.29 is 5.11 Å². The summed E-state index contributed by atoms with van der Waals surface area (Å²) in [6.45, 7) is 1.39. The highest BCUT2D eigenvalue weighted by Gasteiger charge is 2.00. The molecule has 1 heterocycles. The largest absolute Gasteiger partial charge is 0.396 e. The topological polar surface area (TPSA) is 86.8 Å². The van der Waals surface area contributed by atoms with Crippen molar-refractivity contribution in [2.45, 2.75) is 19.5 Å². The second kappa shape index (κ2) is 6.52. The van der Waals surface area contributed by atoms with Crippen LogP contribution in [-0.4, -0.2) is 26.7 Å². The van der Waals surface area contributed by atoms with Crippen LogP contribution in [0.3, 0.4) is 0 Å². The van der Waals surface area contributed by atoms with Crippen molar-refractivity contribution in [2.75, 3.05) is 11.9 Å². The van der Waals surface area contributed by atoms with Crippen molar-refractivity contribution in [2.24, 2.45) is 0 Å². The van der Waals surface area contributed by atoms with Crippen LogP contribution in [0.5, 0.6) is 0 Å². The summed E-state index contributed by atoms with van der Waals surface area (Å²) in [5.41, 5.74) is 2.41. The van der Waals surface area contributed by atoms with E-state index in [1.807, 2.05) is 18.3 Å². The molecular formula is C13H15N5O. The van der Waals surface area contributed by atoms with Gasteiger partial charge in [-0.05, 0) is 30.7 Å². The monoisotopic (exact) mass is 257 g/mol. The molecule has 0 radical (unpaired) electrons. The Morgan fingerprint density at radius 3 is 2.79 bits per heavy atom. The van der Waals surface area contributed by atoms with Crippen molar-refractivity contribution in [1.29, 1.82) is 5.26 Å². The third kappa shape index (κ3) is 3.79. The van der Waals surface area contributed by atoms with E-state index in [9.17, 15) is 0 Å². The maximum absolute atomic E-state index is 8.73. The van der Waals surface area contributed by atoms with E-state index in [1.165, 1.54) is 0 Å². The zero-order valence-electron chi connectivity index (χ0n) is 10.5. The molecule has 0 fully saturated rings. The fourth-order valence-corrected chi connectivity index (χ4v) is 1.62. The number of hydrogen-bond acceptors (Lipinski definition) is 5. The highest BCUT2D eigenvalue weighted by atomic mass is 16.3. The van der Waals surface area contributed by atoms with Crippen molar-refractivity contribution >= 4 is 5.69 Å². The van der Waals surface area contributed by atoms with Crippen LogP contribution in [-0.2, 0) is 13.1 Å². The molecule has 0 saturated carbocycles. The Balaban J connectivity index is 1.87. The number of nitriles is 1. The number of aromatic nitrogens is 3. The van der Waals surface area contributed by atoms with E-state index in [0.29, 0.717) is 25.1 Å². The SMILES string of the molecule is N#Cc1ccc(NCc2cn(CCCO)nn2)cc1. The van der Waals surface area contributed by atoms with Gasteiger partial charge in [0.25, 0.3) is 0 Å². The van der Waals surface area contributed by atoms with E-state index >= 15 is 0 Å². The number of rotatable bonds is 6. The molecule has 98 valence electrons. The molecule has 2 rings (SSSR count). The Kier molecular flexibility index (Phi) is 4.48. The van der Waals surface area contributed by atoms with Crippen LogP contribution in [0.25, 0.3) is 0 Å². The summed E-state index contributed by atoms with van der Waals surface area (Å²) < 4.78 is 1.71. The smallest absolute Gasteiger partial charge is 0.102 e. The van der Waals surface area contributed by atoms with Gasteiger partial charge in [-0.3, -0.25) is 4.68 Å². The Morgan fingerprint density at radius 1 is 1.32 bits per heavy atom. The standard InChI is InChI=1S/C13H15N5O/c14-8-11-2-4-12(5-3-11)15-9-13-10-18(17-16-13)6-1-7-19/h2-5,10,15,19H,1,6-7,9H2. The molecule has 0 spiro atoms. The normalized spacial score (nSPS) is 10.1. The molecular weight excluding hydrogens is 242 g/mol. The van der Waals surface area contributed by atoms with Gasteiger partial charge < -0.3 is 10.4 Å². The van der Waals surface area contributed by atoms with E-state index in [-0.39, 0.29) is 6.61 Å². The number of nitrogens with one attached hydrogen (secondary N) is 1. The Hall–Kier alpha value is -2.39. The molecule has 0 amide bonds. The van der Waals surface area contributed by atoms with Crippen LogP contribution in [0.15, 0.2) is 30.5 Å². The van der Waals surface area contributed by atoms with Gasteiger partial charge in [-0.2, -0.15) is 5.26 Å². The highest BCUT2D eigenvalue weighted by Crippen LogP contribution is 2.09. The van der Waals surface area contributed by atoms with Gasteiger partial charge >= 0.3 is 0 Å². The summed E-state index contributed by atoms with van der Waals surface area (Å²) >= 11 is 0. The molecule has 0 bridgehead atoms. The average molecular weight is 257 g/mol. The lowest BCUT2D eigenvalue weighted by Gasteiger charge is -2.03. The van der Waals surface area contributed by atoms with E-state index < -0.39 is 0 Å². The number of hydrogen-bond donors (Lipinski definition) is 2. The average Bonchev–Trinajstić information content (AvgIpc) is 2.91. The van der Waals surface area contributed by atoms with Crippen LogP contribution in [0.1, 0.15) is 17.7 Å².